The maximum absolute atomic E-state index is 12.5. The lowest BCUT2D eigenvalue weighted by atomic mass is 10.0. The van der Waals surface area contributed by atoms with E-state index in [-0.39, 0.29) is 5.91 Å². The molecule has 0 aliphatic carbocycles. The van der Waals surface area contributed by atoms with Gasteiger partial charge in [0.2, 0.25) is 0 Å². The molecular weight excluding hydrogens is 298 g/mol. The summed E-state index contributed by atoms with van der Waals surface area (Å²) >= 11 is 0. The van der Waals surface area contributed by atoms with Crippen molar-refractivity contribution >= 4 is 5.91 Å². The molecule has 1 aromatic carbocycles. The van der Waals surface area contributed by atoms with Gasteiger partial charge in [-0.25, -0.2) is 0 Å². The molecule has 0 bridgehead atoms. The van der Waals surface area contributed by atoms with Gasteiger partial charge in [-0.05, 0) is 36.1 Å². The van der Waals surface area contributed by atoms with Gasteiger partial charge in [-0.3, -0.25) is 4.79 Å². The molecule has 1 amide bonds. The van der Waals surface area contributed by atoms with Gasteiger partial charge < -0.3 is 9.88 Å². The predicted molar refractivity (Wildman–Crippen MR) is 96.4 cm³/mol. The number of aromatic nitrogens is 1. The van der Waals surface area contributed by atoms with E-state index in [1.54, 1.807) is 16.8 Å². The lowest BCUT2D eigenvalue weighted by Gasteiger charge is -2.12. The number of rotatable bonds is 7. The molecule has 24 heavy (non-hydrogen) atoms. The van der Waals surface area contributed by atoms with Crippen molar-refractivity contribution in [3.8, 4) is 11.8 Å². The molecule has 4 nitrogen and oxygen atoms in total. The van der Waals surface area contributed by atoms with Gasteiger partial charge >= 0.3 is 0 Å². The summed E-state index contributed by atoms with van der Waals surface area (Å²) in [5.41, 5.74) is 2.94. The normalized spacial score (nSPS) is 10.6. The summed E-state index contributed by atoms with van der Waals surface area (Å²) in [7, 11) is 0. The van der Waals surface area contributed by atoms with E-state index in [0.717, 1.165) is 24.9 Å². The number of nitrogens with one attached hydrogen (secondary N) is 1. The SMILES string of the molecule is CCCCCNC(=O)c1c(C#N)ccn1-c1ccc(C(C)C)cc1. The van der Waals surface area contributed by atoms with E-state index >= 15 is 0 Å². The Morgan fingerprint density at radius 2 is 1.92 bits per heavy atom. The molecule has 0 atom stereocenters. The molecule has 0 spiro atoms. The zero-order chi connectivity index (χ0) is 17.5. The van der Waals surface area contributed by atoms with Crippen LogP contribution in [0.3, 0.4) is 0 Å². The number of hydrogen-bond donors (Lipinski definition) is 1. The first-order chi connectivity index (χ1) is 11.6. The van der Waals surface area contributed by atoms with Gasteiger partial charge in [0, 0.05) is 18.4 Å². The third-order valence-electron chi connectivity index (χ3n) is 4.13. The summed E-state index contributed by atoms with van der Waals surface area (Å²) in [6.45, 7) is 7.05. The lowest BCUT2D eigenvalue weighted by molar-refractivity contribution is 0.0946. The van der Waals surface area contributed by atoms with Crippen molar-refractivity contribution in [1.82, 2.24) is 9.88 Å². The molecule has 0 saturated carbocycles. The first-order valence-corrected chi connectivity index (χ1v) is 8.58. The zero-order valence-corrected chi connectivity index (χ0v) is 14.7. The van der Waals surface area contributed by atoms with E-state index < -0.39 is 0 Å². The van der Waals surface area contributed by atoms with Gasteiger partial charge in [0.25, 0.3) is 5.91 Å². The van der Waals surface area contributed by atoms with E-state index in [1.807, 2.05) is 12.1 Å². The quantitative estimate of drug-likeness (QED) is 0.768. The molecule has 0 saturated heterocycles. The van der Waals surface area contributed by atoms with E-state index in [4.69, 9.17) is 0 Å². The van der Waals surface area contributed by atoms with Crippen molar-refractivity contribution in [1.29, 1.82) is 5.26 Å². The molecule has 0 aliphatic heterocycles. The summed E-state index contributed by atoms with van der Waals surface area (Å²) < 4.78 is 1.79. The Morgan fingerprint density at radius 1 is 1.21 bits per heavy atom. The van der Waals surface area contributed by atoms with Crippen LogP contribution in [0.1, 0.15) is 67.6 Å². The predicted octanol–water partition coefficient (Wildman–Crippen LogP) is 4.39. The monoisotopic (exact) mass is 323 g/mol. The fourth-order valence-corrected chi connectivity index (χ4v) is 2.65. The topological polar surface area (TPSA) is 57.8 Å². The Kier molecular flexibility index (Phi) is 6.20. The number of nitriles is 1. The maximum atomic E-state index is 12.5. The maximum Gasteiger partial charge on any atom is 0.269 e. The summed E-state index contributed by atoms with van der Waals surface area (Å²) in [6, 6.07) is 11.9. The number of carbonyl (C=O) groups excluding carboxylic acids is 1. The average molecular weight is 323 g/mol. The molecule has 0 unspecified atom stereocenters. The van der Waals surface area contributed by atoms with Gasteiger partial charge in [0.05, 0.1) is 5.56 Å². The summed E-state index contributed by atoms with van der Waals surface area (Å²) in [4.78, 5) is 12.5. The van der Waals surface area contributed by atoms with Crippen LogP contribution in [-0.4, -0.2) is 17.0 Å². The van der Waals surface area contributed by atoms with Crippen LogP contribution in [0.4, 0.5) is 0 Å². The largest absolute Gasteiger partial charge is 0.351 e. The number of hydrogen-bond acceptors (Lipinski definition) is 2. The Bertz CT molecular complexity index is 720. The van der Waals surface area contributed by atoms with E-state index in [0.29, 0.717) is 23.7 Å². The van der Waals surface area contributed by atoms with Crippen molar-refractivity contribution in [3.05, 3.63) is 53.3 Å². The second-order valence-corrected chi connectivity index (χ2v) is 6.27. The van der Waals surface area contributed by atoms with Crippen molar-refractivity contribution in [2.45, 2.75) is 46.0 Å². The van der Waals surface area contributed by atoms with E-state index in [1.165, 1.54) is 5.56 Å². The van der Waals surface area contributed by atoms with Gasteiger partial charge in [0.1, 0.15) is 11.8 Å². The second kappa shape index (κ2) is 8.35. The van der Waals surface area contributed by atoms with Gasteiger partial charge in [-0.15, -0.1) is 0 Å². The highest BCUT2D eigenvalue weighted by atomic mass is 16.1. The molecule has 1 aromatic heterocycles. The summed E-state index contributed by atoms with van der Waals surface area (Å²) in [5.74, 6) is 0.264. The number of nitrogens with zero attached hydrogens (tertiary/aromatic N) is 2. The fraction of sp³-hybridized carbons (Fsp3) is 0.400. The van der Waals surface area contributed by atoms with Crippen LogP contribution in [-0.2, 0) is 0 Å². The molecule has 2 rings (SSSR count). The van der Waals surface area contributed by atoms with Crippen LogP contribution in [0, 0.1) is 11.3 Å². The van der Waals surface area contributed by atoms with Crippen molar-refractivity contribution in [2.24, 2.45) is 0 Å². The second-order valence-electron chi connectivity index (χ2n) is 6.27. The molecule has 126 valence electrons. The highest BCUT2D eigenvalue weighted by Gasteiger charge is 2.18. The number of unbranched alkanes of at least 4 members (excludes halogenated alkanes) is 2. The van der Waals surface area contributed by atoms with Gasteiger partial charge in [-0.1, -0.05) is 45.7 Å². The highest BCUT2D eigenvalue weighted by molar-refractivity contribution is 5.95. The lowest BCUT2D eigenvalue weighted by Crippen LogP contribution is -2.27. The van der Waals surface area contributed by atoms with Crippen LogP contribution < -0.4 is 5.32 Å². The summed E-state index contributed by atoms with van der Waals surface area (Å²) in [6.07, 6.45) is 4.93. The summed E-state index contributed by atoms with van der Waals surface area (Å²) in [5, 5.41) is 12.2. The van der Waals surface area contributed by atoms with Gasteiger partial charge in [-0.2, -0.15) is 5.26 Å². The van der Waals surface area contributed by atoms with Crippen molar-refractivity contribution in [3.63, 3.8) is 0 Å². The highest BCUT2D eigenvalue weighted by Crippen LogP contribution is 2.20. The van der Waals surface area contributed by atoms with Crippen LogP contribution in [0.2, 0.25) is 0 Å². The fourth-order valence-electron chi connectivity index (χ4n) is 2.65. The molecule has 0 radical (unpaired) electrons. The Morgan fingerprint density at radius 3 is 2.50 bits per heavy atom. The zero-order valence-electron chi connectivity index (χ0n) is 14.7. The molecule has 1 heterocycles. The molecular formula is C20H25N3O. The van der Waals surface area contributed by atoms with E-state index in [9.17, 15) is 10.1 Å². The number of carbonyl (C=O) groups is 1. The minimum absolute atomic E-state index is 0.194. The standard InChI is InChI=1S/C20H25N3O/c1-4-5-6-12-22-20(24)19-17(14-21)11-13-23(19)18-9-7-16(8-10-18)15(2)3/h7-11,13,15H,4-6,12H2,1-3H3,(H,22,24). The van der Waals surface area contributed by atoms with Crippen LogP contribution >= 0.6 is 0 Å². The molecule has 4 heteroatoms. The number of amides is 1. The molecule has 0 aliphatic rings. The third kappa shape index (κ3) is 4.05. The Balaban J connectivity index is 2.26. The third-order valence-corrected chi connectivity index (χ3v) is 4.13. The van der Waals surface area contributed by atoms with Gasteiger partial charge in [0.15, 0.2) is 0 Å². The minimum atomic E-state index is -0.194. The first kappa shape index (κ1) is 17.8. The smallest absolute Gasteiger partial charge is 0.269 e. The van der Waals surface area contributed by atoms with Crippen LogP contribution in [0.25, 0.3) is 5.69 Å². The molecule has 1 N–H and O–H groups in total. The molecule has 0 fully saturated rings. The number of benzene rings is 1. The van der Waals surface area contributed by atoms with Crippen LogP contribution in [0.15, 0.2) is 36.5 Å². The van der Waals surface area contributed by atoms with Crippen LogP contribution in [0.5, 0.6) is 0 Å². The van der Waals surface area contributed by atoms with E-state index in [2.05, 4.69) is 44.3 Å². The average Bonchev–Trinajstić information content (AvgIpc) is 3.02. The van der Waals surface area contributed by atoms with Crippen molar-refractivity contribution in [2.75, 3.05) is 6.54 Å². The Labute approximate surface area is 144 Å². The Hall–Kier alpha value is -2.54. The van der Waals surface area contributed by atoms with Crippen molar-refractivity contribution < 1.29 is 4.79 Å². The first-order valence-electron chi connectivity index (χ1n) is 8.58. The molecule has 2 aromatic rings. The minimum Gasteiger partial charge on any atom is -0.351 e.